The molecule has 3 aromatic rings. The summed E-state index contributed by atoms with van der Waals surface area (Å²) < 4.78 is 4.27. The van der Waals surface area contributed by atoms with Gasteiger partial charge in [0.25, 0.3) is 0 Å². The van der Waals surface area contributed by atoms with Gasteiger partial charge in [0.05, 0.1) is 17.3 Å². The molecule has 5 aliphatic rings. The molecule has 8 rings (SSSR count). The molecule has 0 radical (unpaired) electrons. The highest BCUT2D eigenvalue weighted by atomic mass is 15.3. The zero-order chi connectivity index (χ0) is 24.5. The van der Waals surface area contributed by atoms with Crippen LogP contribution in [0, 0.1) is 19.3 Å². The summed E-state index contributed by atoms with van der Waals surface area (Å²) in [5.74, 6) is 1.81. The van der Waals surface area contributed by atoms with E-state index in [4.69, 9.17) is 10.1 Å². The number of fused-ring (bicyclic) bond motifs is 5. The molecule has 4 fully saturated rings. The molecule has 36 heavy (non-hydrogen) atoms. The highest BCUT2D eigenvalue weighted by molar-refractivity contribution is 5.87. The Hall–Kier alpha value is -2.48. The molecule has 0 amide bonds. The monoisotopic (exact) mass is 488 g/mol. The van der Waals surface area contributed by atoms with E-state index in [0.717, 1.165) is 48.7 Å². The summed E-state index contributed by atoms with van der Waals surface area (Å²) in [4.78, 5) is 14.8. The Kier molecular flexibility index (Phi) is 5.21. The topological polar surface area (TPSA) is 67.9 Å². The lowest BCUT2D eigenvalue weighted by Gasteiger charge is -2.58. The van der Waals surface area contributed by atoms with Crippen molar-refractivity contribution in [2.75, 3.05) is 24.5 Å². The molecule has 0 aromatic carbocycles. The van der Waals surface area contributed by atoms with Crippen molar-refractivity contribution in [1.82, 2.24) is 34.4 Å². The van der Waals surface area contributed by atoms with E-state index in [2.05, 4.69) is 31.5 Å². The van der Waals surface area contributed by atoms with E-state index < -0.39 is 0 Å². The summed E-state index contributed by atoms with van der Waals surface area (Å²) in [5, 5.41) is 10.6. The van der Waals surface area contributed by atoms with Crippen LogP contribution in [0.2, 0.25) is 0 Å². The molecular formula is C28H40N8. The largest absolute Gasteiger partial charge is 0.351 e. The molecular weight excluding hydrogens is 448 g/mol. The first-order chi connectivity index (χ1) is 17.5. The molecule has 1 saturated heterocycles. The number of aryl methyl sites for hydroxylation is 3. The van der Waals surface area contributed by atoms with E-state index in [0.29, 0.717) is 11.0 Å². The first-order valence-corrected chi connectivity index (χ1v) is 14.2. The molecule has 0 atom stereocenters. The quantitative estimate of drug-likeness (QED) is 0.545. The Morgan fingerprint density at radius 2 is 1.67 bits per heavy atom. The lowest BCUT2D eigenvalue weighted by molar-refractivity contribution is -0.0690. The summed E-state index contributed by atoms with van der Waals surface area (Å²) in [6.45, 7) is 9.79. The Balaban J connectivity index is 1.11. The van der Waals surface area contributed by atoms with Gasteiger partial charge in [-0.2, -0.15) is 10.2 Å². The molecule has 0 spiro atoms. The number of piperidine rings is 1. The van der Waals surface area contributed by atoms with Crippen LogP contribution in [0.25, 0.3) is 11.0 Å². The van der Waals surface area contributed by atoms with E-state index in [9.17, 15) is 0 Å². The Morgan fingerprint density at radius 3 is 2.42 bits per heavy atom. The van der Waals surface area contributed by atoms with Crippen LogP contribution in [0.15, 0.2) is 6.20 Å². The third-order valence-electron chi connectivity index (χ3n) is 10.2. The van der Waals surface area contributed by atoms with Crippen molar-refractivity contribution in [3.05, 3.63) is 29.0 Å². The summed E-state index contributed by atoms with van der Waals surface area (Å²) in [6.07, 6.45) is 15.5. The van der Waals surface area contributed by atoms with Crippen molar-refractivity contribution in [2.24, 2.45) is 12.5 Å². The number of anilines is 1. The number of likely N-dealkylation sites (tertiary alicyclic amines) is 1. The van der Waals surface area contributed by atoms with E-state index >= 15 is 0 Å². The SMILES string of the molecule is Cc1nc(N2CCc3c(c(C)nn3CC34CCC(N5CCCCC5)(CC3)CC4)C2)c2cnn(C)c2n1. The van der Waals surface area contributed by atoms with Gasteiger partial charge in [-0.15, -0.1) is 0 Å². The Morgan fingerprint density at radius 1 is 0.917 bits per heavy atom. The molecule has 3 aliphatic carbocycles. The maximum Gasteiger partial charge on any atom is 0.163 e. The average molecular weight is 489 g/mol. The second-order valence-electron chi connectivity index (χ2n) is 12.2. The van der Waals surface area contributed by atoms with Crippen LogP contribution in [-0.4, -0.2) is 59.6 Å². The maximum atomic E-state index is 5.15. The maximum absolute atomic E-state index is 5.15. The minimum Gasteiger partial charge on any atom is -0.351 e. The smallest absolute Gasteiger partial charge is 0.163 e. The number of rotatable bonds is 4. The molecule has 3 aromatic heterocycles. The molecule has 3 saturated carbocycles. The molecule has 0 unspecified atom stereocenters. The first kappa shape index (κ1) is 22.7. The zero-order valence-corrected chi connectivity index (χ0v) is 22.3. The molecule has 5 heterocycles. The number of nitrogens with zero attached hydrogens (tertiary/aromatic N) is 8. The van der Waals surface area contributed by atoms with Gasteiger partial charge in [0.15, 0.2) is 5.65 Å². The van der Waals surface area contributed by atoms with Gasteiger partial charge in [-0.1, -0.05) is 6.42 Å². The van der Waals surface area contributed by atoms with E-state index in [1.807, 2.05) is 24.9 Å². The second kappa shape index (κ2) is 8.27. The Labute approximate surface area is 214 Å². The third kappa shape index (κ3) is 3.51. The van der Waals surface area contributed by atoms with E-state index in [1.165, 1.54) is 87.8 Å². The number of hydrogen-bond donors (Lipinski definition) is 0. The summed E-state index contributed by atoms with van der Waals surface area (Å²) in [6, 6.07) is 0. The highest BCUT2D eigenvalue weighted by Gasteiger charge is 2.51. The fourth-order valence-corrected chi connectivity index (χ4v) is 7.97. The molecule has 0 N–H and O–H groups in total. The van der Waals surface area contributed by atoms with Gasteiger partial charge in [-0.25, -0.2) is 9.97 Å². The first-order valence-electron chi connectivity index (χ1n) is 14.2. The van der Waals surface area contributed by atoms with Crippen LogP contribution in [0.5, 0.6) is 0 Å². The molecule has 8 nitrogen and oxygen atoms in total. The second-order valence-corrected chi connectivity index (χ2v) is 12.2. The fourth-order valence-electron chi connectivity index (χ4n) is 7.97. The molecule has 2 aliphatic heterocycles. The van der Waals surface area contributed by atoms with Gasteiger partial charge in [0.1, 0.15) is 11.6 Å². The lowest BCUT2D eigenvalue weighted by atomic mass is 9.56. The minimum atomic E-state index is 0.451. The third-order valence-corrected chi connectivity index (χ3v) is 10.2. The van der Waals surface area contributed by atoms with Crippen LogP contribution in [0.3, 0.4) is 0 Å². The predicted molar refractivity (Wildman–Crippen MR) is 141 cm³/mol. The predicted octanol–water partition coefficient (Wildman–Crippen LogP) is 4.32. The van der Waals surface area contributed by atoms with Gasteiger partial charge in [-0.3, -0.25) is 14.3 Å². The molecule has 2 bridgehead atoms. The highest BCUT2D eigenvalue weighted by Crippen LogP contribution is 2.56. The summed E-state index contributed by atoms with van der Waals surface area (Å²) in [7, 11) is 1.95. The number of aromatic nitrogens is 6. The van der Waals surface area contributed by atoms with Crippen LogP contribution in [-0.2, 0) is 26.6 Å². The zero-order valence-electron chi connectivity index (χ0n) is 22.3. The van der Waals surface area contributed by atoms with Gasteiger partial charge in [0, 0.05) is 49.9 Å². The van der Waals surface area contributed by atoms with E-state index in [-0.39, 0.29) is 0 Å². The van der Waals surface area contributed by atoms with Crippen molar-refractivity contribution in [2.45, 2.75) is 96.7 Å². The normalized spacial score (nSPS) is 28.7. The Bertz CT molecular complexity index is 1270. The summed E-state index contributed by atoms with van der Waals surface area (Å²) >= 11 is 0. The minimum absolute atomic E-state index is 0.451. The van der Waals surface area contributed by atoms with Crippen LogP contribution < -0.4 is 4.90 Å². The van der Waals surface area contributed by atoms with Crippen LogP contribution in [0.1, 0.15) is 80.6 Å². The molecule has 8 heteroatoms. The van der Waals surface area contributed by atoms with Crippen molar-refractivity contribution < 1.29 is 0 Å². The number of hydrogen-bond acceptors (Lipinski definition) is 6. The molecule has 192 valence electrons. The van der Waals surface area contributed by atoms with Crippen LogP contribution >= 0.6 is 0 Å². The van der Waals surface area contributed by atoms with Gasteiger partial charge in [-0.05, 0) is 83.7 Å². The van der Waals surface area contributed by atoms with Crippen molar-refractivity contribution >= 4 is 16.9 Å². The van der Waals surface area contributed by atoms with E-state index in [1.54, 1.807) is 0 Å². The van der Waals surface area contributed by atoms with Gasteiger partial charge >= 0.3 is 0 Å². The van der Waals surface area contributed by atoms with Crippen molar-refractivity contribution in [3.63, 3.8) is 0 Å². The summed E-state index contributed by atoms with van der Waals surface area (Å²) in [5.41, 5.74) is 5.94. The van der Waals surface area contributed by atoms with Crippen molar-refractivity contribution in [3.8, 4) is 0 Å². The van der Waals surface area contributed by atoms with Gasteiger partial charge in [0.2, 0.25) is 0 Å². The van der Waals surface area contributed by atoms with Crippen LogP contribution in [0.4, 0.5) is 5.82 Å². The lowest BCUT2D eigenvalue weighted by Crippen LogP contribution is -2.58. The van der Waals surface area contributed by atoms with Gasteiger partial charge < -0.3 is 4.90 Å². The fraction of sp³-hybridized carbons (Fsp3) is 0.714. The standard InChI is InChI=1S/C28H40N8/c1-20-23-18-34(26-22-17-29-33(3)25(22)30-21(2)31-26)16-7-24(23)36(32-20)19-27-8-11-28(12-9-27,13-10-27)35-14-5-4-6-15-35/h17H,4-16,18-19H2,1-3H3. The van der Waals surface area contributed by atoms with Crippen molar-refractivity contribution in [1.29, 1.82) is 0 Å². The average Bonchev–Trinajstić information content (AvgIpc) is 3.43.